The quantitative estimate of drug-likeness (QED) is 0.325. The second kappa shape index (κ2) is 11.5. The Morgan fingerprint density at radius 1 is 1.26 bits per heavy atom. The summed E-state index contributed by atoms with van der Waals surface area (Å²) in [5.74, 6) is 1.47. The molecule has 0 saturated carbocycles. The first kappa shape index (κ1) is 28.2. The summed E-state index contributed by atoms with van der Waals surface area (Å²) in [5, 5.41) is 12.8. The van der Waals surface area contributed by atoms with Crippen molar-refractivity contribution in [3.8, 4) is 5.75 Å². The molecule has 0 spiro atoms. The number of thiophene rings is 1. The molecule has 38 heavy (non-hydrogen) atoms. The first-order chi connectivity index (χ1) is 18.0. The van der Waals surface area contributed by atoms with Crippen molar-refractivity contribution in [2.24, 2.45) is 11.7 Å². The van der Waals surface area contributed by atoms with E-state index in [9.17, 15) is 9.59 Å². The van der Waals surface area contributed by atoms with Crippen LogP contribution in [0.25, 0.3) is 0 Å². The second-order valence-electron chi connectivity index (χ2n) is 10.9. The van der Waals surface area contributed by atoms with Crippen LogP contribution in [0.1, 0.15) is 86.3 Å². The molecular formula is C28H37N5O3S2. The Bertz CT molecular complexity index is 1310. The van der Waals surface area contributed by atoms with E-state index in [2.05, 4.69) is 55.3 Å². The maximum atomic E-state index is 12.9. The van der Waals surface area contributed by atoms with Crippen LogP contribution >= 0.6 is 23.1 Å². The number of amides is 2. The van der Waals surface area contributed by atoms with Crippen molar-refractivity contribution < 1.29 is 14.3 Å². The summed E-state index contributed by atoms with van der Waals surface area (Å²) in [6, 6.07) is 8.13. The number of ether oxygens (including phenoxy) is 1. The Balaban J connectivity index is 1.41. The van der Waals surface area contributed by atoms with E-state index < -0.39 is 5.91 Å². The monoisotopic (exact) mass is 555 g/mol. The SMILES string of the molecule is CCn1c(SCC(=O)Nc2sc3c(c2C(N)=O)CCC(C)C3)nnc1C(C)Oc1ccc(C(C)(C)C)cc1. The largest absolute Gasteiger partial charge is 0.483 e. The fraction of sp³-hybridized carbons (Fsp3) is 0.500. The predicted octanol–water partition coefficient (Wildman–Crippen LogP) is 5.75. The topological polar surface area (TPSA) is 112 Å². The molecule has 2 unspecified atom stereocenters. The van der Waals surface area contributed by atoms with Crippen LogP contribution in [0, 0.1) is 5.92 Å². The molecule has 2 heterocycles. The number of hydrogen-bond donors (Lipinski definition) is 2. The minimum atomic E-state index is -0.489. The van der Waals surface area contributed by atoms with Gasteiger partial charge < -0.3 is 20.4 Å². The van der Waals surface area contributed by atoms with Crippen molar-refractivity contribution in [1.29, 1.82) is 0 Å². The van der Waals surface area contributed by atoms with E-state index in [0.717, 1.165) is 35.5 Å². The highest BCUT2D eigenvalue weighted by molar-refractivity contribution is 7.99. The van der Waals surface area contributed by atoms with Gasteiger partial charge in [0, 0.05) is 11.4 Å². The van der Waals surface area contributed by atoms with Crippen LogP contribution in [0.4, 0.5) is 5.00 Å². The third-order valence-corrected chi connectivity index (χ3v) is 8.94. The van der Waals surface area contributed by atoms with Crippen LogP contribution in [0.3, 0.4) is 0 Å². The van der Waals surface area contributed by atoms with E-state index >= 15 is 0 Å². The second-order valence-corrected chi connectivity index (χ2v) is 12.9. The third-order valence-electron chi connectivity index (χ3n) is 6.80. The molecule has 4 rings (SSSR count). The summed E-state index contributed by atoms with van der Waals surface area (Å²) in [7, 11) is 0. The number of carbonyl (C=O) groups excluding carboxylic acids is 2. The van der Waals surface area contributed by atoms with Crippen LogP contribution in [-0.4, -0.2) is 32.3 Å². The zero-order valence-electron chi connectivity index (χ0n) is 23.0. The maximum absolute atomic E-state index is 12.9. The summed E-state index contributed by atoms with van der Waals surface area (Å²) in [6.45, 7) is 13.3. The summed E-state index contributed by atoms with van der Waals surface area (Å²) in [6.07, 6.45) is 2.43. The molecule has 1 aliphatic carbocycles. The van der Waals surface area contributed by atoms with Crippen molar-refractivity contribution in [1.82, 2.24) is 14.8 Å². The molecule has 2 atom stereocenters. The Morgan fingerprint density at radius 2 is 1.97 bits per heavy atom. The smallest absolute Gasteiger partial charge is 0.251 e. The van der Waals surface area contributed by atoms with Gasteiger partial charge in [0.1, 0.15) is 10.8 Å². The van der Waals surface area contributed by atoms with Crippen molar-refractivity contribution in [2.75, 3.05) is 11.1 Å². The molecule has 0 fully saturated rings. The van der Waals surface area contributed by atoms with Gasteiger partial charge in [-0.05, 0) is 67.7 Å². The predicted molar refractivity (Wildman–Crippen MR) is 153 cm³/mol. The molecule has 3 N–H and O–H groups in total. The number of thioether (sulfide) groups is 1. The first-order valence-corrected chi connectivity index (χ1v) is 14.8. The summed E-state index contributed by atoms with van der Waals surface area (Å²) >= 11 is 2.78. The minimum Gasteiger partial charge on any atom is -0.483 e. The summed E-state index contributed by atoms with van der Waals surface area (Å²) < 4.78 is 8.12. The van der Waals surface area contributed by atoms with Crippen LogP contribution in [0.15, 0.2) is 29.4 Å². The van der Waals surface area contributed by atoms with E-state index in [1.54, 1.807) is 0 Å². The number of primary amides is 1. The fourth-order valence-corrected chi connectivity index (χ4v) is 6.93. The highest BCUT2D eigenvalue weighted by atomic mass is 32.2. The molecule has 0 radical (unpaired) electrons. The Hall–Kier alpha value is -2.85. The number of anilines is 1. The Kier molecular flexibility index (Phi) is 8.52. The molecule has 0 saturated heterocycles. The van der Waals surface area contributed by atoms with Gasteiger partial charge in [-0.15, -0.1) is 21.5 Å². The van der Waals surface area contributed by atoms with Crippen LogP contribution < -0.4 is 15.8 Å². The van der Waals surface area contributed by atoms with E-state index in [-0.39, 0.29) is 23.2 Å². The van der Waals surface area contributed by atoms with Crippen LogP contribution in [-0.2, 0) is 29.6 Å². The molecular weight excluding hydrogens is 518 g/mol. The molecule has 8 nitrogen and oxygen atoms in total. The van der Waals surface area contributed by atoms with Gasteiger partial charge in [0.25, 0.3) is 5.91 Å². The van der Waals surface area contributed by atoms with Crippen molar-refractivity contribution in [3.05, 3.63) is 51.7 Å². The normalized spacial score (nSPS) is 16.1. The molecule has 2 aromatic heterocycles. The van der Waals surface area contributed by atoms with Crippen molar-refractivity contribution >= 4 is 39.9 Å². The number of benzene rings is 1. The molecule has 1 aliphatic rings. The molecule has 2 amide bonds. The number of nitrogens with one attached hydrogen (secondary N) is 1. The minimum absolute atomic E-state index is 0.0772. The maximum Gasteiger partial charge on any atom is 0.251 e. The van der Waals surface area contributed by atoms with E-state index in [1.807, 2.05) is 30.5 Å². The Morgan fingerprint density at radius 3 is 2.61 bits per heavy atom. The molecule has 3 aromatic rings. The molecule has 10 heteroatoms. The van der Waals surface area contributed by atoms with Gasteiger partial charge in [-0.2, -0.15) is 0 Å². The molecule has 0 aliphatic heterocycles. The average molecular weight is 556 g/mol. The highest BCUT2D eigenvalue weighted by Gasteiger charge is 2.27. The molecule has 204 valence electrons. The lowest BCUT2D eigenvalue weighted by Crippen LogP contribution is -2.20. The zero-order valence-corrected chi connectivity index (χ0v) is 24.6. The number of nitrogens with two attached hydrogens (primary N) is 1. The number of rotatable bonds is 9. The van der Waals surface area contributed by atoms with Crippen LogP contribution in [0.2, 0.25) is 0 Å². The van der Waals surface area contributed by atoms with Crippen LogP contribution in [0.5, 0.6) is 5.75 Å². The van der Waals surface area contributed by atoms with Gasteiger partial charge in [-0.3, -0.25) is 9.59 Å². The zero-order chi connectivity index (χ0) is 27.6. The lowest BCUT2D eigenvalue weighted by Gasteiger charge is -2.20. The molecule has 0 bridgehead atoms. The van der Waals surface area contributed by atoms with Gasteiger partial charge >= 0.3 is 0 Å². The van der Waals surface area contributed by atoms with Gasteiger partial charge in [0.2, 0.25) is 5.91 Å². The van der Waals surface area contributed by atoms with E-state index in [1.165, 1.54) is 28.7 Å². The van der Waals surface area contributed by atoms with Gasteiger partial charge in [-0.25, -0.2) is 0 Å². The van der Waals surface area contributed by atoms with Gasteiger partial charge in [0.15, 0.2) is 17.1 Å². The standard InChI is InChI=1S/C28H37N5O3S2/c1-7-33-25(17(3)36-19-11-9-18(10-12-19)28(4,5)6)31-32-27(33)37-15-22(34)30-26-23(24(29)35)20-13-8-16(2)14-21(20)38-26/h9-12,16-17H,7-8,13-15H2,1-6H3,(H2,29,35)(H,30,34). The van der Waals surface area contributed by atoms with Crippen molar-refractivity contribution in [2.45, 2.75) is 84.0 Å². The van der Waals surface area contributed by atoms with E-state index in [0.29, 0.717) is 34.0 Å². The summed E-state index contributed by atoms with van der Waals surface area (Å²) in [5.41, 5.74) is 8.48. The highest BCUT2D eigenvalue weighted by Crippen LogP contribution is 2.39. The third kappa shape index (κ3) is 6.23. The number of fused-ring (bicyclic) bond motifs is 1. The average Bonchev–Trinajstić information content (AvgIpc) is 3.42. The van der Waals surface area contributed by atoms with Gasteiger partial charge in [-0.1, -0.05) is 51.6 Å². The van der Waals surface area contributed by atoms with Crippen molar-refractivity contribution in [3.63, 3.8) is 0 Å². The number of aromatic nitrogens is 3. The first-order valence-electron chi connectivity index (χ1n) is 13.0. The lowest BCUT2D eigenvalue weighted by atomic mass is 9.87. The molecule has 1 aromatic carbocycles. The lowest BCUT2D eigenvalue weighted by molar-refractivity contribution is -0.113. The number of carbonyl (C=O) groups is 2. The number of nitrogens with zero attached hydrogens (tertiary/aromatic N) is 3. The number of hydrogen-bond acceptors (Lipinski definition) is 7. The van der Waals surface area contributed by atoms with Gasteiger partial charge in [0.05, 0.1) is 11.3 Å². The summed E-state index contributed by atoms with van der Waals surface area (Å²) in [4.78, 5) is 26.2. The fourth-order valence-electron chi connectivity index (χ4n) is 4.69. The Labute approximate surface area is 232 Å². The van der Waals surface area contributed by atoms with E-state index in [4.69, 9.17) is 10.5 Å².